The van der Waals surface area contributed by atoms with Crippen molar-refractivity contribution in [1.82, 2.24) is 15.0 Å². The van der Waals surface area contributed by atoms with Crippen molar-refractivity contribution in [3.63, 3.8) is 0 Å². The van der Waals surface area contributed by atoms with E-state index in [4.69, 9.17) is 16.3 Å². The van der Waals surface area contributed by atoms with Gasteiger partial charge in [-0.05, 0) is 53.4 Å². The topological polar surface area (TPSA) is 47.9 Å². The first kappa shape index (κ1) is 16.0. The van der Waals surface area contributed by atoms with Gasteiger partial charge in [0.05, 0.1) is 6.61 Å². The summed E-state index contributed by atoms with van der Waals surface area (Å²) >= 11 is 7.32. The van der Waals surface area contributed by atoms with Crippen LogP contribution < -0.4 is 4.74 Å². The Labute approximate surface area is 134 Å². The molecule has 0 aliphatic heterocycles. The van der Waals surface area contributed by atoms with E-state index in [2.05, 4.69) is 60.0 Å². The molecule has 0 atom stereocenters. The minimum atomic E-state index is 0.141. The molecule has 0 radical (unpaired) electrons. The van der Waals surface area contributed by atoms with E-state index in [-0.39, 0.29) is 16.7 Å². The predicted octanol–water partition coefficient (Wildman–Crippen LogP) is 4.37. The average Bonchev–Trinajstić information content (AvgIpc) is 2.38. The SMILES string of the molecule is CCOc1nc(Cl)nc(Sc2ccc(C(C)(C)C)cc2)n1. The van der Waals surface area contributed by atoms with Crippen LogP contribution in [0.15, 0.2) is 34.3 Å². The van der Waals surface area contributed by atoms with E-state index in [0.29, 0.717) is 11.8 Å². The predicted molar refractivity (Wildman–Crippen MR) is 85.3 cm³/mol. The molecule has 1 aromatic heterocycles. The lowest BCUT2D eigenvalue weighted by molar-refractivity contribution is 0.307. The molecule has 0 bridgehead atoms. The van der Waals surface area contributed by atoms with Crippen LogP contribution in [-0.2, 0) is 5.41 Å². The van der Waals surface area contributed by atoms with E-state index >= 15 is 0 Å². The van der Waals surface area contributed by atoms with Gasteiger partial charge in [-0.3, -0.25) is 0 Å². The van der Waals surface area contributed by atoms with E-state index in [0.717, 1.165) is 4.90 Å². The molecule has 1 aromatic carbocycles. The maximum atomic E-state index is 5.88. The van der Waals surface area contributed by atoms with Gasteiger partial charge in [0.2, 0.25) is 5.28 Å². The van der Waals surface area contributed by atoms with Crippen LogP contribution in [0.1, 0.15) is 33.3 Å². The number of rotatable bonds is 4. The molecule has 21 heavy (non-hydrogen) atoms. The molecule has 1 heterocycles. The zero-order valence-electron chi connectivity index (χ0n) is 12.6. The summed E-state index contributed by atoms with van der Waals surface area (Å²) in [5, 5.41) is 0.671. The van der Waals surface area contributed by atoms with Crippen molar-refractivity contribution in [3.05, 3.63) is 35.1 Å². The lowest BCUT2D eigenvalue weighted by Crippen LogP contribution is -2.10. The number of benzene rings is 1. The normalized spacial score (nSPS) is 11.5. The van der Waals surface area contributed by atoms with Crippen LogP contribution in [0.3, 0.4) is 0 Å². The highest BCUT2D eigenvalue weighted by Crippen LogP contribution is 2.29. The summed E-state index contributed by atoms with van der Waals surface area (Å²) in [6.45, 7) is 8.93. The summed E-state index contributed by atoms with van der Waals surface area (Å²) in [6.07, 6.45) is 0. The Morgan fingerprint density at radius 2 is 1.76 bits per heavy atom. The number of hydrogen-bond donors (Lipinski definition) is 0. The number of aromatic nitrogens is 3. The van der Waals surface area contributed by atoms with Crippen LogP contribution >= 0.6 is 23.4 Å². The molecule has 0 fully saturated rings. The van der Waals surface area contributed by atoms with Gasteiger partial charge in [-0.25, -0.2) is 0 Å². The van der Waals surface area contributed by atoms with Crippen molar-refractivity contribution in [1.29, 1.82) is 0 Å². The smallest absolute Gasteiger partial charge is 0.321 e. The fourth-order valence-electron chi connectivity index (χ4n) is 1.68. The highest BCUT2D eigenvalue weighted by atomic mass is 35.5. The lowest BCUT2D eigenvalue weighted by Gasteiger charge is -2.18. The Morgan fingerprint density at radius 3 is 2.33 bits per heavy atom. The van der Waals surface area contributed by atoms with Gasteiger partial charge >= 0.3 is 6.01 Å². The monoisotopic (exact) mass is 323 g/mol. The van der Waals surface area contributed by atoms with Crippen molar-refractivity contribution in [3.8, 4) is 6.01 Å². The molecule has 4 nitrogen and oxygen atoms in total. The van der Waals surface area contributed by atoms with Crippen molar-refractivity contribution in [2.24, 2.45) is 0 Å². The molecule has 0 amide bonds. The molecule has 112 valence electrons. The highest BCUT2D eigenvalue weighted by Gasteiger charge is 2.13. The van der Waals surface area contributed by atoms with Crippen molar-refractivity contribution < 1.29 is 4.74 Å². The van der Waals surface area contributed by atoms with Gasteiger partial charge in [-0.1, -0.05) is 32.9 Å². The van der Waals surface area contributed by atoms with Crippen LogP contribution in [0.2, 0.25) is 5.28 Å². The largest absolute Gasteiger partial charge is 0.464 e. The van der Waals surface area contributed by atoms with Crippen LogP contribution in [-0.4, -0.2) is 21.6 Å². The summed E-state index contributed by atoms with van der Waals surface area (Å²) < 4.78 is 5.27. The average molecular weight is 324 g/mol. The quantitative estimate of drug-likeness (QED) is 0.836. The molecule has 0 unspecified atom stereocenters. The third kappa shape index (κ3) is 4.58. The summed E-state index contributed by atoms with van der Waals surface area (Å²) in [4.78, 5) is 13.3. The second-order valence-electron chi connectivity index (χ2n) is 5.48. The summed E-state index contributed by atoms with van der Waals surface area (Å²) in [6, 6.07) is 8.61. The minimum absolute atomic E-state index is 0.141. The number of ether oxygens (including phenoxy) is 1. The fraction of sp³-hybridized carbons (Fsp3) is 0.400. The van der Waals surface area contributed by atoms with Crippen LogP contribution in [0.5, 0.6) is 6.01 Å². The van der Waals surface area contributed by atoms with Crippen LogP contribution in [0, 0.1) is 0 Å². The number of nitrogens with zero attached hydrogens (tertiary/aromatic N) is 3. The van der Waals surface area contributed by atoms with E-state index in [1.165, 1.54) is 17.3 Å². The molecular weight excluding hydrogens is 306 g/mol. The summed E-state index contributed by atoms with van der Waals surface area (Å²) in [7, 11) is 0. The molecule has 6 heteroatoms. The molecular formula is C15H18ClN3OS. The first-order valence-corrected chi connectivity index (χ1v) is 7.90. The van der Waals surface area contributed by atoms with Gasteiger partial charge in [-0.2, -0.15) is 15.0 Å². The Bertz CT molecular complexity index is 611. The Balaban J connectivity index is 2.18. The molecule has 0 saturated heterocycles. The second-order valence-corrected chi connectivity index (χ2v) is 6.86. The van der Waals surface area contributed by atoms with Crippen molar-refractivity contribution in [2.75, 3.05) is 6.61 Å². The third-order valence-corrected chi connectivity index (χ3v) is 3.81. The van der Waals surface area contributed by atoms with Crippen LogP contribution in [0.25, 0.3) is 0 Å². The zero-order chi connectivity index (χ0) is 15.5. The van der Waals surface area contributed by atoms with E-state index in [1.807, 2.05) is 6.92 Å². The maximum absolute atomic E-state index is 5.88. The first-order valence-electron chi connectivity index (χ1n) is 6.71. The van der Waals surface area contributed by atoms with Gasteiger partial charge in [0.25, 0.3) is 0 Å². The molecule has 0 spiro atoms. The Hall–Kier alpha value is -1.33. The van der Waals surface area contributed by atoms with Crippen LogP contribution in [0.4, 0.5) is 0 Å². The maximum Gasteiger partial charge on any atom is 0.321 e. The standard InChI is InChI=1S/C15H18ClN3OS/c1-5-20-13-17-12(16)18-14(19-13)21-11-8-6-10(7-9-11)15(2,3)4/h6-9H,5H2,1-4H3. The second kappa shape index (κ2) is 6.62. The molecule has 2 aromatic rings. The molecule has 0 aliphatic rings. The van der Waals surface area contributed by atoms with Gasteiger partial charge < -0.3 is 4.74 Å². The van der Waals surface area contributed by atoms with E-state index in [1.54, 1.807) is 0 Å². The van der Waals surface area contributed by atoms with Gasteiger partial charge in [-0.15, -0.1) is 0 Å². The van der Waals surface area contributed by atoms with Crippen molar-refractivity contribution in [2.45, 2.75) is 43.2 Å². The molecule has 0 saturated carbocycles. The highest BCUT2D eigenvalue weighted by molar-refractivity contribution is 7.99. The summed E-state index contributed by atoms with van der Waals surface area (Å²) in [5.41, 5.74) is 1.43. The third-order valence-electron chi connectivity index (χ3n) is 2.77. The lowest BCUT2D eigenvalue weighted by atomic mass is 9.87. The van der Waals surface area contributed by atoms with Gasteiger partial charge in [0.15, 0.2) is 5.16 Å². The molecule has 0 aliphatic carbocycles. The molecule has 2 rings (SSSR count). The summed E-state index contributed by atoms with van der Waals surface area (Å²) in [5.74, 6) is 0. The first-order chi connectivity index (χ1) is 9.88. The van der Waals surface area contributed by atoms with E-state index < -0.39 is 0 Å². The number of hydrogen-bond acceptors (Lipinski definition) is 5. The van der Waals surface area contributed by atoms with Gasteiger partial charge in [0, 0.05) is 4.90 Å². The molecule has 0 N–H and O–H groups in total. The van der Waals surface area contributed by atoms with Crippen molar-refractivity contribution >= 4 is 23.4 Å². The van der Waals surface area contributed by atoms with E-state index in [9.17, 15) is 0 Å². The Morgan fingerprint density at radius 1 is 1.10 bits per heavy atom. The fourth-order valence-corrected chi connectivity index (χ4v) is 2.62. The Kier molecular flexibility index (Phi) is 5.06. The van der Waals surface area contributed by atoms with Gasteiger partial charge in [0.1, 0.15) is 0 Å². The zero-order valence-corrected chi connectivity index (χ0v) is 14.1. The number of halogens is 1. The minimum Gasteiger partial charge on any atom is -0.464 e.